The van der Waals surface area contributed by atoms with Crippen LogP contribution in [0.2, 0.25) is 0 Å². The second-order valence-electron chi connectivity index (χ2n) is 12.0. The lowest BCUT2D eigenvalue weighted by Crippen LogP contribution is -2.29. The van der Waals surface area contributed by atoms with Crippen LogP contribution in [0.15, 0.2) is 60.8 Å². The zero-order valence-electron chi connectivity index (χ0n) is 24.2. The van der Waals surface area contributed by atoms with Crippen LogP contribution in [0.4, 0.5) is 38.0 Å². The number of amides is 1. The average molecular weight is 620 g/mol. The summed E-state index contributed by atoms with van der Waals surface area (Å²) < 4.78 is 84.0. The maximum absolute atomic E-state index is 13.4. The number of hydrogen-bond donors (Lipinski definition) is 2. The molecular weight excluding hydrogens is 588 g/mol. The number of alkyl halides is 6. The highest BCUT2D eigenvalue weighted by Crippen LogP contribution is 2.46. The quantitative estimate of drug-likeness (QED) is 0.203. The molecule has 234 valence electrons. The van der Waals surface area contributed by atoms with Gasteiger partial charge < -0.3 is 19.9 Å². The van der Waals surface area contributed by atoms with Gasteiger partial charge in [-0.25, -0.2) is 4.98 Å². The normalized spacial score (nSPS) is 18.7. The van der Waals surface area contributed by atoms with Gasteiger partial charge in [-0.2, -0.15) is 13.2 Å². The number of nitrogens with zero attached hydrogens (tertiary/aromatic N) is 3. The van der Waals surface area contributed by atoms with Crippen molar-refractivity contribution in [1.29, 1.82) is 0 Å². The lowest BCUT2D eigenvalue weighted by molar-refractivity contribution is -0.274. The van der Waals surface area contributed by atoms with Crippen LogP contribution < -0.4 is 15.4 Å². The number of pyridine rings is 1. The Bertz CT molecular complexity index is 1650. The fourth-order valence-corrected chi connectivity index (χ4v) is 6.16. The van der Waals surface area contributed by atoms with Gasteiger partial charge in [0.25, 0.3) is 5.91 Å². The van der Waals surface area contributed by atoms with E-state index in [4.69, 9.17) is 4.98 Å². The Morgan fingerprint density at radius 1 is 1.05 bits per heavy atom. The number of aromatic nitrogens is 3. The minimum Gasteiger partial charge on any atom is -0.406 e. The SMILES string of the molecule is C[C@@H]1C[C@H](n2c(Nc3ccc(OC(F)(F)F)cc3)nc3cc(C(=O)NCc4ncccc4C(F)(F)F)ccc32)CC(C)(C)C1. The van der Waals surface area contributed by atoms with Gasteiger partial charge in [0.2, 0.25) is 5.95 Å². The second-order valence-corrected chi connectivity index (χ2v) is 12.0. The van der Waals surface area contributed by atoms with Crippen LogP contribution in [0.1, 0.15) is 67.7 Å². The van der Waals surface area contributed by atoms with Crippen molar-refractivity contribution in [3.8, 4) is 5.75 Å². The molecule has 0 saturated heterocycles. The van der Waals surface area contributed by atoms with Crippen molar-refractivity contribution >= 4 is 28.6 Å². The number of fused-ring (bicyclic) bond motifs is 1. The molecule has 2 atom stereocenters. The maximum atomic E-state index is 13.4. The topological polar surface area (TPSA) is 81.1 Å². The monoisotopic (exact) mass is 619 g/mol. The van der Waals surface area contributed by atoms with Crippen LogP contribution in [0.25, 0.3) is 11.0 Å². The van der Waals surface area contributed by atoms with E-state index in [1.165, 1.54) is 36.5 Å². The van der Waals surface area contributed by atoms with Gasteiger partial charge in [-0.3, -0.25) is 9.78 Å². The number of halogens is 6. The number of nitrogens with one attached hydrogen (secondary N) is 2. The number of ether oxygens (including phenoxy) is 1. The van der Waals surface area contributed by atoms with Gasteiger partial charge in [0.15, 0.2) is 0 Å². The Morgan fingerprint density at radius 3 is 2.43 bits per heavy atom. The lowest BCUT2D eigenvalue weighted by Gasteiger charge is -2.40. The minimum atomic E-state index is -4.81. The molecule has 2 aromatic carbocycles. The second kappa shape index (κ2) is 11.7. The molecule has 7 nitrogen and oxygen atoms in total. The summed E-state index contributed by atoms with van der Waals surface area (Å²) in [5.74, 6) is -0.0862. The summed E-state index contributed by atoms with van der Waals surface area (Å²) in [6.45, 7) is 6.18. The van der Waals surface area contributed by atoms with Crippen LogP contribution in [0, 0.1) is 11.3 Å². The minimum absolute atomic E-state index is 0.0405. The predicted molar refractivity (Wildman–Crippen MR) is 152 cm³/mol. The largest absolute Gasteiger partial charge is 0.573 e. The van der Waals surface area contributed by atoms with Gasteiger partial charge >= 0.3 is 12.5 Å². The summed E-state index contributed by atoms with van der Waals surface area (Å²) in [5.41, 5.74) is 0.714. The van der Waals surface area contributed by atoms with E-state index < -0.39 is 30.6 Å². The molecule has 5 rings (SSSR count). The third-order valence-electron chi connectivity index (χ3n) is 7.64. The fraction of sp³-hybridized carbons (Fsp3) is 0.387. The molecule has 2 aromatic heterocycles. The van der Waals surface area contributed by atoms with Crippen molar-refractivity contribution in [2.24, 2.45) is 11.3 Å². The Kier molecular flexibility index (Phi) is 8.25. The van der Waals surface area contributed by atoms with Gasteiger partial charge in [-0.1, -0.05) is 20.8 Å². The van der Waals surface area contributed by atoms with Crippen molar-refractivity contribution in [3.05, 3.63) is 77.6 Å². The van der Waals surface area contributed by atoms with Gasteiger partial charge in [-0.05, 0) is 85.2 Å². The fourth-order valence-electron chi connectivity index (χ4n) is 6.16. The van der Waals surface area contributed by atoms with E-state index in [0.29, 0.717) is 23.1 Å². The third kappa shape index (κ3) is 7.25. The van der Waals surface area contributed by atoms with Crippen molar-refractivity contribution in [2.45, 2.75) is 65.2 Å². The standard InChI is InChI=1S/C31H31F6N5O2/c1-18-13-21(16-29(2,3)15-18)42-26-11-6-19(27(43)39-17-25-23(30(32,33)34)5-4-12-38-25)14-24(26)41-28(42)40-20-7-9-22(10-8-20)44-31(35,36)37/h4-12,14,18,21H,13,15-17H2,1-3H3,(H,39,43)(H,40,41)/t18-,21+/m1/s1. The highest BCUT2D eigenvalue weighted by atomic mass is 19.4. The van der Waals surface area contributed by atoms with Crippen LogP contribution in [0.5, 0.6) is 5.75 Å². The zero-order valence-corrected chi connectivity index (χ0v) is 24.2. The van der Waals surface area contributed by atoms with E-state index in [1.807, 2.05) is 0 Å². The molecule has 1 aliphatic rings. The molecule has 1 aliphatic carbocycles. The molecule has 1 amide bonds. The van der Waals surface area contributed by atoms with E-state index in [1.54, 1.807) is 18.2 Å². The Labute approximate surface area is 249 Å². The molecule has 1 saturated carbocycles. The van der Waals surface area contributed by atoms with Crippen LogP contribution in [0.3, 0.4) is 0 Å². The number of anilines is 2. The molecule has 4 aromatic rings. The summed E-state index contributed by atoms with van der Waals surface area (Å²) in [7, 11) is 0. The average Bonchev–Trinajstić information content (AvgIpc) is 3.27. The highest BCUT2D eigenvalue weighted by Gasteiger charge is 2.36. The van der Waals surface area contributed by atoms with E-state index in [9.17, 15) is 31.1 Å². The molecule has 0 bridgehead atoms. The molecule has 0 radical (unpaired) electrons. The summed E-state index contributed by atoms with van der Waals surface area (Å²) >= 11 is 0. The van der Waals surface area contributed by atoms with Crippen molar-refractivity contribution in [2.75, 3.05) is 5.32 Å². The molecule has 0 unspecified atom stereocenters. The summed E-state index contributed by atoms with van der Waals surface area (Å²) in [6.07, 6.45) is -5.42. The summed E-state index contributed by atoms with van der Waals surface area (Å²) in [6, 6.07) is 12.3. The number of imidazole rings is 1. The molecule has 0 spiro atoms. The molecule has 2 heterocycles. The third-order valence-corrected chi connectivity index (χ3v) is 7.64. The summed E-state index contributed by atoms with van der Waals surface area (Å²) in [4.78, 5) is 21.5. The Balaban J connectivity index is 1.45. The van der Waals surface area contributed by atoms with E-state index in [-0.39, 0.29) is 28.5 Å². The van der Waals surface area contributed by atoms with E-state index in [2.05, 4.69) is 45.7 Å². The van der Waals surface area contributed by atoms with Gasteiger partial charge in [0, 0.05) is 23.5 Å². The molecule has 0 aliphatic heterocycles. The molecular formula is C31H31F6N5O2. The zero-order chi connectivity index (χ0) is 31.9. The summed E-state index contributed by atoms with van der Waals surface area (Å²) in [5, 5.41) is 5.72. The lowest BCUT2D eigenvalue weighted by atomic mass is 9.70. The Hall–Kier alpha value is -4.29. The first-order valence-corrected chi connectivity index (χ1v) is 14.0. The van der Waals surface area contributed by atoms with Crippen molar-refractivity contribution in [1.82, 2.24) is 19.9 Å². The number of benzene rings is 2. The Morgan fingerprint density at radius 2 is 1.77 bits per heavy atom. The highest BCUT2D eigenvalue weighted by molar-refractivity contribution is 5.97. The van der Waals surface area contributed by atoms with E-state index >= 15 is 0 Å². The van der Waals surface area contributed by atoms with Gasteiger partial charge in [0.05, 0.1) is 28.8 Å². The maximum Gasteiger partial charge on any atom is 0.573 e. The number of rotatable bonds is 7. The smallest absolute Gasteiger partial charge is 0.406 e. The van der Waals surface area contributed by atoms with Gasteiger partial charge in [-0.15, -0.1) is 13.2 Å². The van der Waals surface area contributed by atoms with Gasteiger partial charge in [0.1, 0.15) is 5.75 Å². The van der Waals surface area contributed by atoms with Crippen LogP contribution in [-0.2, 0) is 12.7 Å². The first-order valence-electron chi connectivity index (χ1n) is 14.0. The van der Waals surface area contributed by atoms with Crippen LogP contribution in [-0.4, -0.2) is 26.8 Å². The van der Waals surface area contributed by atoms with Crippen molar-refractivity contribution in [3.63, 3.8) is 0 Å². The first kappa shape index (κ1) is 31.1. The van der Waals surface area contributed by atoms with E-state index in [0.717, 1.165) is 30.8 Å². The molecule has 1 fully saturated rings. The van der Waals surface area contributed by atoms with Crippen LogP contribution >= 0.6 is 0 Å². The predicted octanol–water partition coefficient (Wildman–Crippen LogP) is 8.41. The molecule has 2 N–H and O–H groups in total. The first-order chi connectivity index (χ1) is 20.6. The number of carbonyl (C=O) groups is 1. The number of carbonyl (C=O) groups excluding carboxylic acids is 1. The van der Waals surface area contributed by atoms with Crippen molar-refractivity contribution < 1.29 is 35.9 Å². The molecule has 44 heavy (non-hydrogen) atoms. The number of hydrogen-bond acceptors (Lipinski definition) is 5. The molecule has 13 heteroatoms.